The molecule has 0 atom stereocenters. The van der Waals surface area contributed by atoms with Crippen LogP contribution in [0.1, 0.15) is 11.4 Å². The Morgan fingerprint density at radius 2 is 1.91 bits per heavy atom. The molecular formula is C17H21N3O2. The van der Waals surface area contributed by atoms with Crippen molar-refractivity contribution in [3.8, 4) is 5.75 Å². The maximum Gasteiger partial charge on any atom is 0.321 e. The van der Waals surface area contributed by atoms with Gasteiger partial charge in [-0.05, 0) is 43.3 Å². The summed E-state index contributed by atoms with van der Waals surface area (Å²) in [7, 11) is 3.40. The predicted octanol–water partition coefficient (Wildman–Crippen LogP) is 3.11. The monoisotopic (exact) mass is 299 g/mol. The summed E-state index contributed by atoms with van der Waals surface area (Å²) in [6.07, 6.45) is 0.765. The van der Waals surface area contributed by atoms with Gasteiger partial charge in [0.15, 0.2) is 0 Å². The Hall–Kier alpha value is -2.56. The summed E-state index contributed by atoms with van der Waals surface area (Å²) in [5, 5.41) is 2.78. The first kappa shape index (κ1) is 15.8. The number of aromatic nitrogens is 1. The van der Waals surface area contributed by atoms with Gasteiger partial charge in [0.2, 0.25) is 0 Å². The number of nitrogens with one attached hydrogen (secondary N) is 1. The summed E-state index contributed by atoms with van der Waals surface area (Å²) in [6, 6.07) is 13.1. The third-order valence-electron chi connectivity index (χ3n) is 3.08. The van der Waals surface area contributed by atoms with Crippen LogP contribution in [-0.2, 0) is 6.42 Å². The normalized spacial score (nSPS) is 10.1. The molecule has 0 saturated heterocycles. The fourth-order valence-corrected chi connectivity index (χ4v) is 1.88. The first-order chi connectivity index (χ1) is 10.5. The first-order valence-electron chi connectivity index (χ1n) is 7.18. The lowest BCUT2D eigenvalue weighted by Gasteiger charge is -2.12. The summed E-state index contributed by atoms with van der Waals surface area (Å²) < 4.78 is 5.69. The summed E-state index contributed by atoms with van der Waals surface area (Å²) in [5.41, 5.74) is 2.78. The van der Waals surface area contributed by atoms with Crippen molar-refractivity contribution in [2.45, 2.75) is 13.3 Å². The SMILES string of the molecule is Cc1cccc(CCOc2ccc(NC(=O)N(C)C)cc2)n1. The molecular weight excluding hydrogens is 278 g/mol. The number of urea groups is 1. The number of benzene rings is 1. The molecule has 2 aromatic rings. The third-order valence-corrected chi connectivity index (χ3v) is 3.08. The van der Waals surface area contributed by atoms with E-state index in [4.69, 9.17) is 4.74 Å². The molecule has 1 aromatic heterocycles. The fraction of sp³-hybridized carbons (Fsp3) is 0.294. The van der Waals surface area contributed by atoms with Crippen molar-refractivity contribution in [1.82, 2.24) is 9.88 Å². The topological polar surface area (TPSA) is 54.5 Å². The van der Waals surface area contributed by atoms with E-state index in [1.54, 1.807) is 14.1 Å². The highest BCUT2D eigenvalue weighted by molar-refractivity contribution is 5.88. The van der Waals surface area contributed by atoms with Crippen LogP contribution >= 0.6 is 0 Å². The van der Waals surface area contributed by atoms with E-state index in [0.29, 0.717) is 6.61 Å². The minimum absolute atomic E-state index is 0.154. The quantitative estimate of drug-likeness (QED) is 0.923. The van der Waals surface area contributed by atoms with E-state index in [2.05, 4.69) is 10.3 Å². The van der Waals surface area contributed by atoms with Crippen LogP contribution in [0.25, 0.3) is 0 Å². The van der Waals surface area contributed by atoms with E-state index >= 15 is 0 Å². The zero-order valence-corrected chi connectivity index (χ0v) is 13.2. The van der Waals surface area contributed by atoms with E-state index in [-0.39, 0.29) is 6.03 Å². The molecule has 0 saturated carbocycles. The molecule has 2 rings (SSSR count). The Labute approximate surface area is 130 Å². The molecule has 1 aromatic carbocycles. The minimum Gasteiger partial charge on any atom is -0.493 e. The van der Waals surface area contributed by atoms with Gasteiger partial charge in [0.1, 0.15) is 5.75 Å². The van der Waals surface area contributed by atoms with Crippen LogP contribution in [0.2, 0.25) is 0 Å². The predicted molar refractivity (Wildman–Crippen MR) is 87.3 cm³/mol. The Morgan fingerprint density at radius 1 is 1.18 bits per heavy atom. The number of carbonyl (C=O) groups excluding carboxylic acids is 1. The Morgan fingerprint density at radius 3 is 2.55 bits per heavy atom. The van der Waals surface area contributed by atoms with E-state index in [9.17, 15) is 4.79 Å². The van der Waals surface area contributed by atoms with Gasteiger partial charge in [0.05, 0.1) is 6.61 Å². The van der Waals surface area contributed by atoms with Crippen LogP contribution in [0.4, 0.5) is 10.5 Å². The van der Waals surface area contributed by atoms with Crippen LogP contribution < -0.4 is 10.1 Å². The summed E-state index contributed by atoms with van der Waals surface area (Å²) >= 11 is 0. The highest BCUT2D eigenvalue weighted by Gasteiger charge is 2.04. The van der Waals surface area contributed by atoms with Crippen molar-refractivity contribution in [1.29, 1.82) is 0 Å². The second-order valence-electron chi connectivity index (χ2n) is 5.22. The number of carbonyl (C=O) groups is 1. The lowest BCUT2D eigenvalue weighted by Crippen LogP contribution is -2.27. The summed E-state index contributed by atoms with van der Waals surface area (Å²) in [4.78, 5) is 17.5. The number of hydrogen-bond acceptors (Lipinski definition) is 3. The van der Waals surface area contributed by atoms with Gasteiger partial charge in [-0.2, -0.15) is 0 Å². The number of amides is 2. The molecule has 1 heterocycles. The van der Waals surface area contributed by atoms with E-state index < -0.39 is 0 Å². The van der Waals surface area contributed by atoms with Crippen molar-refractivity contribution < 1.29 is 9.53 Å². The molecule has 0 aliphatic heterocycles. The third kappa shape index (κ3) is 4.77. The van der Waals surface area contributed by atoms with Gasteiger partial charge in [-0.3, -0.25) is 4.98 Å². The molecule has 1 N–H and O–H groups in total. The second-order valence-corrected chi connectivity index (χ2v) is 5.22. The number of anilines is 1. The van der Waals surface area contributed by atoms with Crippen LogP contribution in [0.5, 0.6) is 5.75 Å². The van der Waals surface area contributed by atoms with Gasteiger partial charge in [0, 0.05) is 37.6 Å². The molecule has 0 spiro atoms. The average Bonchev–Trinajstić information content (AvgIpc) is 2.49. The van der Waals surface area contributed by atoms with Crippen molar-refractivity contribution in [3.63, 3.8) is 0 Å². The summed E-state index contributed by atoms with van der Waals surface area (Å²) in [5.74, 6) is 0.774. The molecule has 116 valence electrons. The zero-order chi connectivity index (χ0) is 15.9. The smallest absolute Gasteiger partial charge is 0.321 e. The van der Waals surface area contributed by atoms with Gasteiger partial charge < -0.3 is 15.0 Å². The molecule has 5 heteroatoms. The molecule has 2 amide bonds. The molecule has 0 fully saturated rings. The van der Waals surface area contributed by atoms with Gasteiger partial charge >= 0.3 is 6.03 Å². The molecule has 0 unspecified atom stereocenters. The van der Waals surface area contributed by atoms with E-state index in [0.717, 1.165) is 29.2 Å². The largest absolute Gasteiger partial charge is 0.493 e. The molecule has 0 aliphatic carbocycles. The van der Waals surface area contributed by atoms with Gasteiger partial charge in [0.25, 0.3) is 0 Å². The highest BCUT2D eigenvalue weighted by atomic mass is 16.5. The molecule has 0 radical (unpaired) electrons. The van der Waals surface area contributed by atoms with Crippen molar-refractivity contribution in [3.05, 3.63) is 53.9 Å². The number of aryl methyl sites for hydroxylation is 1. The van der Waals surface area contributed by atoms with Gasteiger partial charge in [-0.25, -0.2) is 4.79 Å². The molecule has 22 heavy (non-hydrogen) atoms. The molecule has 0 bridgehead atoms. The Balaban J connectivity index is 1.82. The first-order valence-corrected chi connectivity index (χ1v) is 7.18. The van der Waals surface area contributed by atoms with Crippen molar-refractivity contribution in [2.75, 3.05) is 26.0 Å². The lowest BCUT2D eigenvalue weighted by molar-refractivity contribution is 0.230. The molecule has 5 nitrogen and oxygen atoms in total. The highest BCUT2D eigenvalue weighted by Crippen LogP contribution is 2.16. The summed E-state index contributed by atoms with van der Waals surface area (Å²) in [6.45, 7) is 2.55. The van der Waals surface area contributed by atoms with Crippen LogP contribution in [0.3, 0.4) is 0 Å². The minimum atomic E-state index is -0.154. The average molecular weight is 299 g/mol. The number of nitrogens with zero attached hydrogens (tertiary/aromatic N) is 2. The van der Waals surface area contributed by atoms with Crippen molar-refractivity contribution >= 4 is 11.7 Å². The number of ether oxygens (including phenoxy) is 1. The number of pyridine rings is 1. The van der Waals surface area contributed by atoms with E-state index in [1.165, 1.54) is 4.90 Å². The maximum atomic E-state index is 11.5. The fourth-order valence-electron chi connectivity index (χ4n) is 1.88. The van der Waals surface area contributed by atoms with Crippen LogP contribution in [0, 0.1) is 6.92 Å². The maximum absolute atomic E-state index is 11.5. The van der Waals surface area contributed by atoms with Crippen molar-refractivity contribution in [2.24, 2.45) is 0 Å². The van der Waals surface area contributed by atoms with Crippen LogP contribution in [-0.4, -0.2) is 36.6 Å². The standard InChI is InChI=1S/C17H21N3O2/c1-13-5-4-6-14(18-13)11-12-22-16-9-7-15(8-10-16)19-17(21)20(2)3/h4-10H,11-12H2,1-3H3,(H,19,21). The van der Waals surface area contributed by atoms with Gasteiger partial charge in [-0.1, -0.05) is 6.07 Å². The Kier molecular flexibility index (Phi) is 5.36. The zero-order valence-electron chi connectivity index (χ0n) is 13.2. The lowest BCUT2D eigenvalue weighted by atomic mass is 10.2. The number of rotatable bonds is 5. The number of hydrogen-bond donors (Lipinski definition) is 1. The molecule has 0 aliphatic rings. The Bertz CT molecular complexity index is 624. The van der Waals surface area contributed by atoms with Crippen LogP contribution in [0.15, 0.2) is 42.5 Å². The van der Waals surface area contributed by atoms with E-state index in [1.807, 2.05) is 49.4 Å². The second kappa shape index (κ2) is 7.45. The van der Waals surface area contributed by atoms with Gasteiger partial charge in [-0.15, -0.1) is 0 Å².